The van der Waals surface area contributed by atoms with Gasteiger partial charge in [-0.15, -0.1) is 0 Å². The zero-order valence-corrected chi connectivity index (χ0v) is 8.02. The first-order valence-electron chi connectivity index (χ1n) is 2.51. The van der Waals surface area contributed by atoms with Gasteiger partial charge in [0.25, 0.3) is 0 Å². The van der Waals surface area contributed by atoms with Crippen LogP contribution in [0.15, 0.2) is 22.9 Å². The summed E-state index contributed by atoms with van der Waals surface area (Å²) in [6, 6.07) is 3.41. The molecule has 1 aromatic heterocycles. The van der Waals surface area contributed by atoms with Gasteiger partial charge < -0.3 is 0 Å². The van der Waals surface area contributed by atoms with E-state index in [-0.39, 0.29) is 4.69 Å². The van der Waals surface area contributed by atoms with E-state index in [1.807, 2.05) is 0 Å². The summed E-state index contributed by atoms with van der Waals surface area (Å²) >= 11 is 5.97. The zero-order valence-electron chi connectivity index (χ0n) is 4.84. The number of hydrogen-bond acceptors (Lipinski definition) is 2. The Morgan fingerprint density at radius 1 is 1.50 bits per heavy atom. The first-order valence-corrected chi connectivity index (χ1v) is 4.10. The zero-order chi connectivity index (χ0) is 7.56. The van der Waals surface area contributed by atoms with E-state index in [9.17, 15) is 4.79 Å². The normalized spacial score (nSPS) is 9.40. The summed E-state index contributed by atoms with van der Waals surface area (Å²) in [4.78, 5) is 14.5. The highest BCUT2D eigenvalue weighted by atomic mass is 79.9. The average molecular weight is 265 g/mol. The Bertz CT molecular complexity index is 244. The Morgan fingerprint density at radius 3 is 2.60 bits per heavy atom. The molecule has 0 aromatic carbocycles. The second-order valence-electron chi connectivity index (χ2n) is 1.64. The minimum Gasteiger partial charge on any atom is -0.281 e. The lowest BCUT2D eigenvalue weighted by atomic mass is 10.3. The maximum atomic E-state index is 10.6. The third kappa shape index (κ3) is 1.88. The van der Waals surface area contributed by atoms with Crippen molar-refractivity contribution in [1.29, 1.82) is 0 Å². The van der Waals surface area contributed by atoms with Gasteiger partial charge >= 0.3 is 0 Å². The van der Waals surface area contributed by atoms with E-state index in [0.29, 0.717) is 5.56 Å². The Balaban J connectivity index is 3.00. The lowest BCUT2D eigenvalue weighted by Crippen LogP contribution is -1.87. The molecule has 0 aliphatic rings. The summed E-state index contributed by atoms with van der Waals surface area (Å²) in [5, 5.41) is 0. The second-order valence-corrected chi connectivity index (χ2v) is 3.18. The molecule has 0 radical (unpaired) electrons. The molecule has 0 amide bonds. The second kappa shape index (κ2) is 3.25. The number of pyridine rings is 1. The van der Waals surface area contributed by atoms with Crippen LogP contribution in [0.5, 0.6) is 0 Å². The fraction of sp³-hybridized carbons (Fsp3) is 0. The van der Waals surface area contributed by atoms with Crippen LogP contribution in [0.3, 0.4) is 0 Å². The van der Waals surface area contributed by atoms with Crippen LogP contribution in [-0.4, -0.2) is 9.68 Å². The molecule has 0 atom stereocenters. The standard InChI is InChI=1S/C6H3Br2NO/c7-5-2-1-4(3-9-5)6(8)10/h1-3H. The van der Waals surface area contributed by atoms with Gasteiger partial charge in [0.15, 0.2) is 0 Å². The summed E-state index contributed by atoms with van der Waals surface area (Å²) < 4.78 is 0.581. The van der Waals surface area contributed by atoms with Crippen molar-refractivity contribution in [2.75, 3.05) is 0 Å². The molecule has 10 heavy (non-hydrogen) atoms. The number of halogens is 2. The van der Waals surface area contributed by atoms with Crippen molar-refractivity contribution in [3.05, 3.63) is 28.5 Å². The molecule has 1 rings (SSSR count). The Morgan fingerprint density at radius 2 is 2.20 bits per heavy atom. The first-order chi connectivity index (χ1) is 4.70. The molecule has 4 heteroatoms. The number of aromatic nitrogens is 1. The van der Waals surface area contributed by atoms with Crippen LogP contribution in [-0.2, 0) is 0 Å². The van der Waals surface area contributed by atoms with Gasteiger partial charge in [-0.05, 0) is 44.0 Å². The van der Waals surface area contributed by atoms with Crippen LogP contribution in [0.25, 0.3) is 0 Å². The average Bonchev–Trinajstić information content (AvgIpc) is 1.88. The molecular formula is C6H3Br2NO. The van der Waals surface area contributed by atoms with Gasteiger partial charge in [0, 0.05) is 11.8 Å². The van der Waals surface area contributed by atoms with Gasteiger partial charge in [-0.1, -0.05) is 0 Å². The number of hydrogen-bond donors (Lipinski definition) is 0. The molecule has 0 fully saturated rings. The van der Waals surface area contributed by atoms with Gasteiger partial charge in [0.05, 0.1) is 0 Å². The van der Waals surface area contributed by atoms with Crippen LogP contribution < -0.4 is 0 Å². The van der Waals surface area contributed by atoms with Crippen molar-refractivity contribution in [2.24, 2.45) is 0 Å². The van der Waals surface area contributed by atoms with Gasteiger partial charge in [0.2, 0.25) is 4.69 Å². The van der Waals surface area contributed by atoms with Crippen molar-refractivity contribution in [3.8, 4) is 0 Å². The summed E-state index contributed by atoms with van der Waals surface area (Å²) in [5.74, 6) is 0. The Hall–Kier alpha value is -0.220. The van der Waals surface area contributed by atoms with Crippen molar-refractivity contribution >= 4 is 36.6 Å². The molecule has 0 aliphatic heterocycles. The predicted octanol–water partition coefficient (Wildman–Crippen LogP) is 2.38. The highest BCUT2D eigenvalue weighted by Crippen LogP contribution is 2.08. The van der Waals surface area contributed by atoms with E-state index in [2.05, 4.69) is 36.8 Å². The van der Waals surface area contributed by atoms with Crippen LogP contribution in [0.2, 0.25) is 0 Å². The number of nitrogens with zero attached hydrogens (tertiary/aromatic N) is 1. The first kappa shape index (κ1) is 7.88. The van der Waals surface area contributed by atoms with Crippen molar-refractivity contribution in [1.82, 2.24) is 4.98 Å². The lowest BCUT2D eigenvalue weighted by Gasteiger charge is -1.90. The lowest BCUT2D eigenvalue weighted by molar-refractivity contribution is 0.109. The van der Waals surface area contributed by atoms with Gasteiger partial charge in [-0.2, -0.15) is 0 Å². The van der Waals surface area contributed by atoms with Crippen LogP contribution in [0.1, 0.15) is 10.4 Å². The highest BCUT2D eigenvalue weighted by molar-refractivity contribution is 9.18. The number of carbonyl (C=O) groups excluding carboxylic acids is 1. The maximum absolute atomic E-state index is 10.6. The number of rotatable bonds is 1. The monoisotopic (exact) mass is 263 g/mol. The molecule has 0 bridgehead atoms. The highest BCUT2D eigenvalue weighted by Gasteiger charge is 1.98. The Kier molecular flexibility index (Phi) is 2.56. The molecule has 0 aliphatic carbocycles. The largest absolute Gasteiger partial charge is 0.281 e. The molecular weight excluding hydrogens is 262 g/mol. The van der Waals surface area contributed by atoms with Crippen molar-refractivity contribution < 1.29 is 4.79 Å². The molecule has 1 heterocycles. The van der Waals surface area contributed by atoms with E-state index in [0.717, 1.165) is 4.60 Å². The molecule has 1 aromatic rings. The van der Waals surface area contributed by atoms with Gasteiger partial charge in [0.1, 0.15) is 4.60 Å². The van der Waals surface area contributed by atoms with E-state index in [1.165, 1.54) is 6.20 Å². The van der Waals surface area contributed by atoms with E-state index < -0.39 is 0 Å². The molecule has 0 saturated carbocycles. The fourth-order valence-corrected chi connectivity index (χ4v) is 0.961. The summed E-state index contributed by atoms with van der Waals surface area (Å²) in [6.45, 7) is 0. The van der Waals surface area contributed by atoms with Crippen LogP contribution >= 0.6 is 31.9 Å². The summed E-state index contributed by atoms with van der Waals surface area (Å²) in [5.41, 5.74) is 0.559. The van der Waals surface area contributed by atoms with Crippen LogP contribution in [0, 0.1) is 0 Å². The third-order valence-corrected chi connectivity index (χ3v) is 1.88. The van der Waals surface area contributed by atoms with Gasteiger partial charge in [-0.25, -0.2) is 4.98 Å². The molecule has 0 saturated heterocycles. The minimum atomic E-state index is -0.146. The Labute approximate surface area is 74.9 Å². The van der Waals surface area contributed by atoms with Crippen molar-refractivity contribution in [3.63, 3.8) is 0 Å². The molecule has 52 valence electrons. The van der Waals surface area contributed by atoms with Crippen LogP contribution in [0.4, 0.5) is 0 Å². The SMILES string of the molecule is O=C(Br)c1ccc(Br)nc1. The van der Waals surface area contributed by atoms with Crippen molar-refractivity contribution in [2.45, 2.75) is 0 Å². The quantitative estimate of drug-likeness (QED) is 0.576. The summed E-state index contributed by atoms with van der Waals surface area (Å²) in [7, 11) is 0. The molecule has 0 N–H and O–H groups in total. The predicted molar refractivity (Wildman–Crippen MR) is 45.2 cm³/mol. The van der Waals surface area contributed by atoms with E-state index >= 15 is 0 Å². The van der Waals surface area contributed by atoms with Gasteiger partial charge in [-0.3, -0.25) is 4.79 Å². The smallest absolute Gasteiger partial charge is 0.229 e. The third-order valence-electron chi connectivity index (χ3n) is 0.954. The summed E-state index contributed by atoms with van der Waals surface area (Å²) in [6.07, 6.45) is 1.50. The van der Waals surface area contributed by atoms with E-state index in [4.69, 9.17) is 0 Å². The number of carbonyl (C=O) groups is 1. The fourth-order valence-electron chi connectivity index (χ4n) is 0.492. The molecule has 0 spiro atoms. The molecule has 0 unspecified atom stereocenters. The van der Waals surface area contributed by atoms with E-state index in [1.54, 1.807) is 12.1 Å². The minimum absolute atomic E-state index is 0.146. The maximum Gasteiger partial charge on any atom is 0.229 e. The topological polar surface area (TPSA) is 30.0 Å². The molecule has 2 nitrogen and oxygen atoms in total.